The lowest BCUT2D eigenvalue weighted by atomic mass is 9.81. The van der Waals surface area contributed by atoms with Crippen LogP contribution in [-0.4, -0.2) is 15.7 Å². The first-order valence-corrected chi connectivity index (χ1v) is 3.77. The molecule has 0 nitrogen and oxygen atoms in total. The van der Waals surface area contributed by atoms with E-state index in [1.807, 2.05) is 35.6 Å². The Balaban J connectivity index is 3.46. The van der Waals surface area contributed by atoms with Crippen molar-refractivity contribution in [1.29, 1.82) is 0 Å². The molecule has 3 heteroatoms. The first-order chi connectivity index (χ1) is 5.04. The Bertz CT molecular complexity index is 268. The molecule has 0 aliphatic carbocycles. The summed E-state index contributed by atoms with van der Waals surface area (Å²) in [6.07, 6.45) is 0. The van der Waals surface area contributed by atoms with Crippen LogP contribution in [0, 0.1) is 19.7 Å². The summed E-state index contributed by atoms with van der Waals surface area (Å²) in [5, 5.41) is 0. The Labute approximate surface area is 68.6 Å². The zero-order valence-corrected chi connectivity index (χ0v) is 7.46. The van der Waals surface area contributed by atoms with Gasteiger partial charge in [0.1, 0.15) is 21.5 Å². The second-order valence-electron chi connectivity index (χ2n) is 3.07. The minimum absolute atomic E-state index is 0.0532. The van der Waals surface area contributed by atoms with Gasteiger partial charge in [0, 0.05) is 0 Å². The molecule has 0 saturated heterocycles. The topological polar surface area (TPSA) is 0 Å². The Kier molecular flexibility index (Phi) is 2.08. The standard InChI is InChI=1S/C8H11B2F/c1-4-3-6(9)5(2)8(11)7(4)10/h3H,9-10H2,1-2H3. The van der Waals surface area contributed by atoms with Gasteiger partial charge in [0.2, 0.25) is 0 Å². The zero-order valence-electron chi connectivity index (χ0n) is 7.46. The van der Waals surface area contributed by atoms with Crippen LogP contribution in [-0.2, 0) is 0 Å². The molecule has 1 aromatic rings. The molecule has 0 heterocycles. The Hall–Kier alpha value is -0.720. The van der Waals surface area contributed by atoms with E-state index >= 15 is 0 Å². The molecule has 1 aromatic carbocycles. The summed E-state index contributed by atoms with van der Waals surface area (Å²) in [5.41, 5.74) is 3.61. The van der Waals surface area contributed by atoms with Crippen LogP contribution in [0.3, 0.4) is 0 Å². The van der Waals surface area contributed by atoms with Crippen LogP contribution in [0.5, 0.6) is 0 Å². The van der Waals surface area contributed by atoms with Crippen LogP contribution in [0.4, 0.5) is 4.39 Å². The molecular formula is C8H11B2F. The van der Waals surface area contributed by atoms with Crippen molar-refractivity contribution < 1.29 is 4.39 Å². The van der Waals surface area contributed by atoms with Gasteiger partial charge in [-0.3, -0.25) is 0 Å². The van der Waals surface area contributed by atoms with Gasteiger partial charge in [0.15, 0.2) is 0 Å². The van der Waals surface area contributed by atoms with E-state index in [0.717, 1.165) is 22.1 Å². The normalized spacial score (nSPS) is 10.1. The maximum atomic E-state index is 13.3. The average Bonchev–Trinajstić information content (AvgIpc) is 1.97. The number of halogens is 1. The van der Waals surface area contributed by atoms with Gasteiger partial charge in [0.05, 0.1) is 0 Å². The lowest BCUT2D eigenvalue weighted by molar-refractivity contribution is 0.627. The van der Waals surface area contributed by atoms with E-state index in [0.29, 0.717) is 0 Å². The summed E-state index contributed by atoms with van der Waals surface area (Å²) < 4.78 is 13.3. The van der Waals surface area contributed by atoms with Gasteiger partial charge < -0.3 is 0 Å². The molecule has 0 fully saturated rings. The fraction of sp³-hybridized carbons (Fsp3) is 0.250. The first kappa shape index (κ1) is 8.38. The van der Waals surface area contributed by atoms with E-state index in [-0.39, 0.29) is 5.82 Å². The molecule has 0 saturated carbocycles. The molecular weight excluding hydrogens is 137 g/mol. The highest BCUT2D eigenvalue weighted by Crippen LogP contribution is 2.01. The molecule has 0 aromatic heterocycles. The third-order valence-corrected chi connectivity index (χ3v) is 2.27. The third kappa shape index (κ3) is 1.32. The summed E-state index contributed by atoms with van der Waals surface area (Å²) in [6, 6.07) is 2.02. The molecule has 1 rings (SSSR count). The van der Waals surface area contributed by atoms with Gasteiger partial charge in [-0.05, 0) is 19.4 Å². The summed E-state index contributed by atoms with van der Waals surface area (Å²) in [6.45, 7) is 3.75. The quantitative estimate of drug-likeness (QED) is 0.412. The van der Waals surface area contributed by atoms with Gasteiger partial charge in [-0.2, -0.15) is 0 Å². The Morgan fingerprint density at radius 3 is 2.36 bits per heavy atom. The molecule has 11 heavy (non-hydrogen) atoms. The summed E-state index contributed by atoms with van der Waals surface area (Å²) in [5.74, 6) is -0.0532. The van der Waals surface area contributed by atoms with Gasteiger partial charge in [-0.25, -0.2) is 4.39 Å². The summed E-state index contributed by atoms with van der Waals surface area (Å²) >= 11 is 0. The number of hydrogen-bond donors (Lipinski definition) is 0. The average molecular weight is 148 g/mol. The van der Waals surface area contributed by atoms with Gasteiger partial charge in [-0.1, -0.05) is 22.6 Å². The Morgan fingerprint density at radius 1 is 1.27 bits per heavy atom. The number of hydrogen-bond acceptors (Lipinski definition) is 0. The van der Waals surface area contributed by atoms with Crippen molar-refractivity contribution in [1.82, 2.24) is 0 Å². The van der Waals surface area contributed by atoms with E-state index in [1.54, 1.807) is 0 Å². The highest BCUT2D eigenvalue weighted by molar-refractivity contribution is 6.37. The highest BCUT2D eigenvalue weighted by atomic mass is 19.1. The smallest absolute Gasteiger partial charge is 0.143 e. The van der Waals surface area contributed by atoms with E-state index in [4.69, 9.17) is 0 Å². The van der Waals surface area contributed by atoms with Crippen LogP contribution in [0.1, 0.15) is 11.1 Å². The van der Waals surface area contributed by atoms with Crippen LogP contribution in [0.2, 0.25) is 0 Å². The summed E-state index contributed by atoms with van der Waals surface area (Å²) in [4.78, 5) is 0. The molecule has 0 bridgehead atoms. The minimum Gasteiger partial charge on any atom is -0.207 e. The zero-order chi connectivity index (χ0) is 8.59. The van der Waals surface area contributed by atoms with E-state index in [1.165, 1.54) is 0 Å². The van der Waals surface area contributed by atoms with E-state index in [2.05, 4.69) is 0 Å². The van der Waals surface area contributed by atoms with Crippen molar-refractivity contribution in [2.45, 2.75) is 13.8 Å². The maximum Gasteiger partial charge on any atom is 0.143 e. The van der Waals surface area contributed by atoms with Crippen molar-refractivity contribution in [2.75, 3.05) is 0 Å². The van der Waals surface area contributed by atoms with Crippen molar-refractivity contribution in [3.8, 4) is 0 Å². The first-order valence-electron chi connectivity index (χ1n) is 3.77. The maximum absolute atomic E-state index is 13.3. The number of benzene rings is 1. The van der Waals surface area contributed by atoms with Gasteiger partial charge in [0.25, 0.3) is 0 Å². The predicted octanol–water partition coefficient (Wildman–Crippen LogP) is -1.04. The van der Waals surface area contributed by atoms with Crippen LogP contribution in [0.25, 0.3) is 0 Å². The number of aryl methyl sites for hydroxylation is 1. The predicted molar refractivity (Wildman–Crippen MR) is 52.2 cm³/mol. The van der Waals surface area contributed by atoms with E-state index in [9.17, 15) is 4.39 Å². The van der Waals surface area contributed by atoms with Crippen molar-refractivity contribution in [2.24, 2.45) is 0 Å². The molecule has 0 amide bonds. The molecule has 0 aliphatic rings. The molecule has 0 N–H and O–H groups in total. The monoisotopic (exact) mass is 148 g/mol. The fourth-order valence-electron chi connectivity index (χ4n) is 1.17. The lowest BCUT2D eigenvalue weighted by Crippen LogP contribution is -2.22. The largest absolute Gasteiger partial charge is 0.207 e. The van der Waals surface area contributed by atoms with Crippen molar-refractivity contribution in [3.63, 3.8) is 0 Å². The van der Waals surface area contributed by atoms with Crippen LogP contribution < -0.4 is 10.9 Å². The lowest BCUT2D eigenvalue weighted by Gasteiger charge is -2.07. The molecule has 0 spiro atoms. The van der Waals surface area contributed by atoms with Crippen molar-refractivity contribution >= 4 is 26.6 Å². The van der Waals surface area contributed by atoms with Gasteiger partial charge >= 0.3 is 0 Å². The molecule has 0 aliphatic heterocycles. The number of rotatable bonds is 0. The molecule has 0 radical (unpaired) electrons. The molecule has 0 unspecified atom stereocenters. The molecule has 56 valence electrons. The van der Waals surface area contributed by atoms with Crippen molar-refractivity contribution in [3.05, 3.63) is 23.0 Å². The summed E-state index contributed by atoms with van der Waals surface area (Å²) in [7, 11) is 3.75. The third-order valence-electron chi connectivity index (χ3n) is 2.27. The second-order valence-corrected chi connectivity index (χ2v) is 3.07. The molecule has 0 atom stereocenters. The van der Waals surface area contributed by atoms with Crippen LogP contribution in [0.15, 0.2) is 6.07 Å². The highest BCUT2D eigenvalue weighted by Gasteiger charge is 2.05. The SMILES string of the molecule is Bc1cc(C)c(B)c(F)c1C. The van der Waals surface area contributed by atoms with Gasteiger partial charge in [-0.15, -0.1) is 0 Å². The fourth-order valence-corrected chi connectivity index (χ4v) is 1.17. The van der Waals surface area contributed by atoms with E-state index < -0.39 is 0 Å². The van der Waals surface area contributed by atoms with Crippen LogP contribution >= 0.6 is 0 Å². The Morgan fingerprint density at radius 2 is 1.82 bits per heavy atom. The second kappa shape index (κ2) is 2.72. The minimum atomic E-state index is -0.0532.